The first-order valence-electron chi connectivity index (χ1n) is 7.70. The number of aryl methyl sites for hydroxylation is 2. The van der Waals surface area contributed by atoms with Crippen molar-refractivity contribution in [2.24, 2.45) is 0 Å². The van der Waals surface area contributed by atoms with Crippen molar-refractivity contribution in [2.45, 2.75) is 20.8 Å². The van der Waals surface area contributed by atoms with Gasteiger partial charge in [-0.2, -0.15) is 0 Å². The lowest BCUT2D eigenvalue weighted by Crippen LogP contribution is -2.12. The van der Waals surface area contributed by atoms with E-state index in [1.165, 1.54) is 17.5 Å². The normalized spacial score (nSPS) is 10.5. The van der Waals surface area contributed by atoms with Gasteiger partial charge in [0.15, 0.2) is 5.13 Å². The lowest BCUT2D eigenvalue weighted by Gasteiger charge is -2.11. The molecule has 0 fully saturated rings. The van der Waals surface area contributed by atoms with Gasteiger partial charge < -0.3 is 15.7 Å². The van der Waals surface area contributed by atoms with Gasteiger partial charge in [-0.1, -0.05) is 23.5 Å². The highest BCUT2D eigenvalue weighted by molar-refractivity contribution is 7.17. The first-order chi connectivity index (χ1) is 12.0. The zero-order valence-corrected chi connectivity index (χ0v) is 14.9. The van der Waals surface area contributed by atoms with E-state index in [4.69, 9.17) is 0 Å². The van der Waals surface area contributed by atoms with E-state index in [0.717, 1.165) is 11.1 Å². The second-order valence-corrected chi connectivity index (χ2v) is 6.71. The molecule has 3 N–H and O–H groups in total. The zero-order valence-electron chi connectivity index (χ0n) is 14.1. The number of benzene rings is 1. The summed E-state index contributed by atoms with van der Waals surface area (Å²) in [5.41, 5.74) is 3.14. The number of phenolic OH excluding ortho intramolecular Hbond substituents is 1. The predicted molar refractivity (Wildman–Crippen MR) is 99.9 cm³/mol. The molecule has 3 rings (SSSR count). The highest BCUT2D eigenvalue weighted by atomic mass is 32.1. The van der Waals surface area contributed by atoms with Gasteiger partial charge in [0.2, 0.25) is 0 Å². The number of carbonyl (C=O) groups is 1. The van der Waals surface area contributed by atoms with Crippen LogP contribution in [-0.2, 0) is 0 Å². The maximum absolute atomic E-state index is 12.5. The Morgan fingerprint density at radius 2 is 1.92 bits per heavy atom. The molecule has 0 aliphatic heterocycles. The number of aromatic nitrogens is 2. The number of pyridine rings is 1. The number of hydrogen-bond acceptors (Lipinski definition) is 6. The van der Waals surface area contributed by atoms with Crippen molar-refractivity contribution in [1.29, 1.82) is 0 Å². The number of nitrogens with one attached hydrogen (secondary N) is 2. The number of thiazole rings is 1. The first-order valence-corrected chi connectivity index (χ1v) is 8.52. The van der Waals surface area contributed by atoms with Gasteiger partial charge in [0, 0.05) is 11.8 Å². The number of aromatic hydroxyl groups is 1. The first kappa shape index (κ1) is 16.9. The molecule has 1 amide bonds. The van der Waals surface area contributed by atoms with Gasteiger partial charge >= 0.3 is 0 Å². The maximum atomic E-state index is 12.5. The summed E-state index contributed by atoms with van der Waals surface area (Å²) in [5.74, 6) is 0.599. The Balaban J connectivity index is 1.78. The van der Waals surface area contributed by atoms with Crippen molar-refractivity contribution in [3.05, 3.63) is 58.2 Å². The fraction of sp³-hybridized carbons (Fsp3) is 0.167. The fourth-order valence-corrected chi connectivity index (χ4v) is 3.07. The molecule has 0 atom stereocenters. The standard InChI is InChI=1S/C18H18N4O2S/c1-10-6-7-13(23)12(3)15(10)21-17(24)14-9-20-18(25-14)22-16-11(2)5-4-8-19-16/h4-9,23H,1-3H3,(H,21,24)(H,19,20,22). The van der Waals surface area contributed by atoms with Crippen molar-refractivity contribution in [3.63, 3.8) is 0 Å². The summed E-state index contributed by atoms with van der Waals surface area (Å²) in [6, 6.07) is 7.19. The molecular formula is C18H18N4O2S. The lowest BCUT2D eigenvalue weighted by atomic mass is 10.1. The smallest absolute Gasteiger partial charge is 0.267 e. The van der Waals surface area contributed by atoms with Gasteiger partial charge in [0.1, 0.15) is 16.4 Å². The monoisotopic (exact) mass is 354 g/mol. The Kier molecular flexibility index (Phi) is 4.67. The third kappa shape index (κ3) is 3.61. The number of hydrogen-bond donors (Lipinski definition) is 3. The van der Waals surface area contributed by atoms with Crippen molar-refractivity contribution >= 4 is 33.9 Å². The average molecular weight is 354 g/mol. The maximum Gasteiger partial charge on any atom is 0.267 e. The van der Waals surface area contributed by atoms with Crippen LogP contribution in [-0.4, -0.2) is 21.0 Å². The number of anilines is 3. The molecule has 7 heteroatoms. The minimum Gasteiger partial charge on any atom is -0.508 e. The minimum atomic E-state index is -0.264. The molecule has 0 aliphatic rings. The molecule has 0 aliphatic carbocycles. The van der Waals surface area contributed by atoms with Crippen LogP contribution in [0.3, 0.4) is 0 Å². The van der Waals surface area contributed by atoms with Crippen LogP contribution in [0.4, 0.5) is 16.6 Å². The van der Waals surface area contributed by atoms with E-state index < -0.39 is 0 Å². The number of carbonyl (C=O) groups excluding carboxylic acids is 1. The predicted octanol–water partition coefficient (Wildman–Crippen LogP) is 4.16. The number of nitrogens with zero attached hydrogens (tertiary/aromatic N) is 2. The summed E-state index contributed by atoms with van der Waals surface area (Å²) >= 11 is 1.24. The van der Waals surface area contributed by atoms with Crippen LogP contribution in [0, 0.1) is 20.8 Å². The largest absolute Gasteiger partial charge is 0.508 e. The molecule has 6 nitrogen and oxygen atoms in total. The van der Waals surface area contributed by atoms with Crippen molar-refractivity contribution in [2.75, 3.05) is 10.6 Å². The van der Waals surface area contributed by atoms with Gasteiger partial charge in [-0.05, 0) is 44.0 Å². The molecule has 0 saturated heterocycles. The van der Waals surface area contributed by atoms with Crippen LogP contribution in [0.5, 0.6) is 5.75 Å². The molecule has 2 aromatic heterocycles. The topological polar surface area (TPSA) is 87.1 Å². The molecule has 0 unspecified atom stereocenters. The van der Waals surface area contributed by atoms with E-state index in [1.807, 2.05) is 26.0 Å². The van der Waals surface area contributed by atoms with Gasteiger partial charge in [0.05, 0.1) is 11.9 Å². The number of phenols is 1. The van der Waals surface area contributed by atoms with Gasteiger partial charge in [-0.3, -0.25) is 4.79 Å². The summed E-state index contributed by atoms with van der Waals surface area (Å²) in [5, 5.41) is 16.4. The summed E-state index contributed by atoms with van der Waals surface area (Å²) < 4.78 is 0. The van der Waals surface area contributed by atoms with Gasteiger partial charge in [-0.15, -0.1) is 0 Å². The summed E-state index contributed by atoms with van der Waals surface area (Å²) in [7, 11) is 0. The van der Waals surface area contributed by atoms with Crippen molar-refractivity contribution in [1.82, 2.24) is 9.97 Å². The van der Waals surface area contributed by atoms with Gasteiger partial charge in [0.25, 0.3) is 5.91 Å². The highest BCUT2D eigenvalue weighted by Gasteiger charge is 2.15. The third-order valence-corrected chi connectivity index (χ3v) is 4.76. The van der Waals surface area contributed by atoms with Crippen LogP contribution >= 0.6 is 11.3 Å². The van der Waals surface area contributed by atoms with Crippen molar-refractivity contribution in [3.8, 4) is 5.75 Å². The zero-order chi connectivity index (χ0) is 18.0. The van der Waals surface area contributed by atoms with E-state index in [2.05, 4.69) is 20.6 Å². The van der Waals surface area contributed by atoms with Crippen LogP contribution in [0.15, 0.2) is 36.7 Å². The molecule has 1 aromatic carbocycles. The fourth-order valence-electron chi connectivity index (χ4n) is 2.36. The Hall–Kier alpha value is -2.93. The Bertz CT molecular complexity index is 937. The van der Waals surface area contributed by atoms with E-state index >= 15 is 0 Å². The summed E-state index contributed by atoms with van der Waals surface area (Å²) in [6.07, 6.45) is 3.22. The molecule has 0 spiro atoms. The Morgan fingerprint density at radius 3 is 2.68 bits per heavy atom. The Morgan fingerprint density at radius 1 is 1.12 bits per heavy atom. The molecule has 2 heterocycles. The number of amides is 1. The van der Waals surface area contributed by atoms with Crippen molar-refractivity contribution < 1.29 is 9.90 Å². The lowest BCUT2D eigenvalue weighted by molar-refractivity contribution is 0.103. The van der Waals surface area contributed by atoms with Gasteiger partial charge in [-0.25, -0.2) is 9.97 Å². The van der Waals surface area contributed by atoms with Crippen LogP contribution < -0.4 is 10.6 Å². The van der Waals surface area contributed by atoms with Crippen LogP contribution in [0.1, 0.15) is 26.4 Å². The second kappa shape index (κ2) is 6.90. The Labute approximate surface area is 149 Å². The molecule has 0 bridgehead atoms. The molecular weight excluding hydrogens is 336 g/mol. The second-order valence-electron chi connectivity index (χ2n) is 5.68. The molecule has 0 saturated carbocycles. The van der Waals surface area contributed by atoms with E-state index in [1.54, 1.807) is 25.3 Å². The van der Waals surface area contributed by atoms with E-state index in [9.17, 15) is 9.90 Å². The molecule has 3 aromatic rings. The molecule has 25 heavy (non-hydrogen) atoms. The van der Waals surface area contributed by atoms with Crippen LogP contribution in [0.25, 0.3) is 0 Å². The summed E-state index contributed by atoms with van der Waals surface area (Å²) in [4.78, 5) is 21.5. The van der Waals surface area contributed by atoms with Crippen LogP contribution in [0.2, 0.25) is 0 Å². The van der Waals surface area contributed by atoms with E-state index in [-0.39, 0.29) is 11.7 Å². The molecule has 128 valence electrons. The summed E-state index contributed by atoms with van der Waals surface area (Å²) in [6.45, 7) is 5.59. The average Bonchev–Trinajstić information content (AvgIpc) is 3.06. The van der Waals surface area contributed by atoms with E-state index in [0.29, 0.717) is 27.1 Å². The highest BCUT2D eigenvalue weighted by Crippen LogP contribution is 2.29. The molecule has 0 radical (unpaired) electrons. The quantitative estimate of drug-likeness (QED) is 0.655. The number of rotatable bonds is 4. The minimum absolute atomic E-state index is 0.151. The SMILES string of the molecule is Cc1cccnc1Nc1ncc(C(=O)Nc2c(C)ccc(O)c2C)s1. The third-order valence-electron chi connectivity index (χ3n) is 3.85.